The Kier molecular flexibility index (Phi) is 5.86. The van der Waals surface area contributed by atoms with E-state index in [1.54, 1.807) is 7.11 Å². The third-order valence-electron chi connectivity index (χ3n) is 4.30. The Labute approximate surface area is 158 Å². The molecule has 3 aromatic rings. The van der Waals surface area contributed by atoms with Crippen LogP contribution in [-0.4, -0.2) is 23.2 Å². The minimum Gasteiger partial charge on any atom is -0.496 e. The van der Waals surface area contributed by atoms with Crippen LogP contribution in [0.2, 0.25) is 0 Å². The molecule has 3 rings (SSSR count). The number of carbonyl (C=O) groups is 1. The minimum absolute atomic E-state index is 0.0782. The molecule has 1 N–H and O–H groups in total. The number of aryl methyl sites for hydroxylation is 2. The third-order valence-corrected chi connectivity index (χ3v) is 4.30. The first-order chi connectivity index (χ1) is 13.1. The first kappa shape index (κ1) is 18.6. The van der Waals surface area contributed by atoms with Crippen molar-refractivity contribution in [2.75, 3.05) is 7.11 Å². The van der Waals surface area contributed by atoms with Crippen molar-refractivity contribution < 1.29 is 14.1 Å². The molecule has 0 saturated heterocycles. The number of ether oxygens (including phenoxy) is 1. The van der Waals surface area contributed by atoms with Gasteiger partial charge in [-0.3, -0.25) is 4.79 Å². The lowest BCUT2D eigenvalue weighted by Crippen LogP contribution is -2.27. The Hall–Kier alpha value is -3.15. The summed E-state index contributed by atoms with van der Waals surface area (Å²) in [6.07, 6.45) is 0.665. The van der Waals surface area contributed by atoms with Crippen LogP contribution in [0.25, 0.3) is 11.4 Å². The summed E-state index contributed by atoms with van der Waals surface area (Å²) in [5, 5.41) is 6.97. The maximum absolute atomic E-state index is 12.3. The molecule has 0 fully saturated rings. The van der Waals surface area contributed by atoms with Gasteiger partial charge in [0.2, 0.25) is 17.6 Å². The zero-order valence-electron chi connectivity index (χ0n) is 15.7. The normalized spacial score (nSPS) is 11.8. The molecule has 0 aliphatic carbocycles. The Morgan fingerprint density at radius 2 is 2.00 bits per heavy atom. The first-order valence-corrected chi connectivity index (χ1v) is 8.88. The third kappa shape index (κ3) is 4.73. The number of hydrogen-bond acceptors (Lipinski definition) is 5. The van der Waals surface area contributed by atoms with E-state index in [1.165, 1.54) is 0 Å². The maximum atomic E-state index is 12.3. The smallest absolute Gasteiger partial charge is 0.227 e. The van der Waals surface area contributed by atoms with Gasteiger partial charge in [0.1, 0.15) is 5.75 Å². The topological polar surface area (TPSA) is 77.2 Å². The van der Waals surface area contributed by atoms with Crippen LogP contribution in [0.15, 0.2) is 53.1 Å². The fourth-order valence-corrected chi connectivity index (χ4v) is 2.86. The van der Waals surface area contributed by atoms with E-state index in [1.807, 2.05) is 62.4 Å². The zero-order chi connectivity index (χ0) is 19.2. The largest absolute Gasteiger partial charge is 0.496 e. The molecule has 6 heteroatoms. The van der Waals surface area contributed by atoms with E-state index in [9.17, 15) is 4.79 Å². The Bertz CT molecular complexity index is 906. The second-order valence-electron chi connectivity index (χ2n) is 6.41. The number of rotatable bonds is 7. The second kappa shape index (κ2) is 8.49. The number of benzene rings is 2. The highest BCUT2D eigenvalue weighted by atomic mass is 16.5. The van der Waals surface area contributed by atoms with Crippen molar-refractivity contribution in [3.05, 3.63) is 65.5 Å². The average molecular weight is 365 g/mol. The van der Waals surface area contributed by atoms with Gasteiger partial charge in [-0.05, 0) is 19.9 Å². The number of nitrogens with zero attached hydrogens (tertiary/aromatic N) is 2. The zero-order valence-corrected chi connectivity index (χ0v) is 15.7. The van der Waals surface area contributed by atoms with E-state index in [-0.39, 0.29) is 18.4 Å². The lowest BCUT2D eigenvalue weighted by molar-refractivity contribution is -0.121. The van der Waals surface area contributed by atoms with Gasteiger partial charge in [0.25, 0.3) is 0 Å². The summed E-state index contributed by atoms with van der Waals surface area (Å²) < 4.78 is 10.6. The molecule has 0 aliphatic rings. The maximum Gasteiger partial charge on any atom is 0.227 e. The number of aromatic nitrogens is 2. The summed E-state index contributed by atoms with van der Waals surface area (Å²) in [6.45, 7) is 3.95. The summed E-state index contributed by atoms with van der Waals surface area (Å²) in [6, 6.07) is 15.4. The fourth-order valence-electron chi connectivity index (χ4n) is 2.86. The molecule has 140 valence electrons. The summed E-state index contributed by atoms with van der Waals surface area (Å²) in [7, 11) is 1.63. The molecule has 0 spiro atoms. The van der Waals surface area contributed by atoms with E-state index in [4.69, 9.17) is 9.26 Å². The molecular weight excluding hydrogens is 342 g/mol. The Morgan fingerprint density at radius 1 is 1.22 bits per heavy atom. The Balaban J connectivity index is 1.57. The molecule has 0 radical (unpaired) electrons. The molecule has 0 unspecified atom stereocenters. The fraction of sp³-hybridized carbons (Fsp3) is 0.286. The van der Waals surface area contributed by atoms with E-state index >= 15 is 0 Å². The van der Waals surface area contributed by atoms with Crippen LogP contribution < -0.4 is 10.1 Å². The van der Waals surface area contributed by atoms with Gasteiger partial charge in [-0.1, -0.05) is 53.2 Å². The highest BCUT2D eigenvalue weighted by Crippen LogP contribution is 2.26. The van der Waals surface area contributed by atoms with Crippen molar-refractivity contribution in [3.8, 4) is 17.1 Å². The quantitative estimate of drug-likeness (QED) is 0.688. The monoisotopic (exact) mass is 365 g/mol. The van der Waals surface area contributed by atoms with Gasteiger partial charge in [-0.15, -0.1) is 0 Å². The van der Waals surface area contributed by atoms with Crippen molar-refractivity contribution >= 4 is 5.91 Å². The summed E-state index contributed by atoms with van der Waals surface area (Å²) in [5.74, 6) is 1.66. The Morgan fingerprint density at radius 3 is 2.74 bits per heavy atom. The molecule has 1 atom stereocenters. The first-order valence-electron chi connectivity index (χ1n) is 8.88. The van der Waals surface area contributed by atoms with Crippen LogP contribution in [0, 0.1) is 6.92 Å². The molecule has 1 heterocycles. The predicted molar refractivity (Wildman–Crippen MR) is 102 cm³/mol. The SMILES string of the molecule is COc1ccc(C)cc1[C@H](C)NC(=O)CCc1nc(-c2ccccc2)no1. The van der Waals surface area contributed by atoms with Gasteiger partial charge in [0.05, 0.1) is 13.2 Å². The molecule has 6 nitrogen and oxygen atoms in total. The molecule has 1 amide bonds. The molecule has 1 aromatic heterocycles. The van der Waals surface area contributed by atoms with E-state index in [2.05, 4.69) is 15.5 Å². The molecule has 2 aromatic carbocycles. The van der Waals surface area contributed by atoms with E-state index in [0.29, 0.717) is 18.1 Å². The molecule has 0 saturated carbocycles. The van der Waals surface area contributed by atoms with Crippen molar-refractivity contribution in [2.45, 2.75) is 32.7 Å². The van der Waals surface area contributed by atoms with Gasteiger partial charge < -0.3 is 14.6 Å². The highest BCUT2D eigenvalue weighted by molar-refractivity contribution is 5.76. The number of methoxy groups -OCH3 is 1. The van der Waals surface area contributed by atoms with Crippen molar-refractivity contribution in [1.82, 2.24) is 15.5 Å². The van der Waals surface area contributed by atoms with E-state index in [0.717, 1.165) is 22.4 Å². The van der Waals surface area contributed by atoms with Gasteiger partial charge in [0.15, 0.2) is 0 Å². The van der Waals surface area contributed by atoms with Crippen LogP contribution in [-0.2, 0) is 11.2 Å². The number of hydrogen-bond donors (Lipinski definition) is 1. The van der Waals surface area contributed by atoms with Gasteiger partial charge in [-0.2, -0.15) is 4.98 Å². The standard InChI is InChI=1S/C21H23N3O3/c1-14-9-10-18(26-3)17(13-14)15(2)22-19(25)11-12-20-23-21(24-27-20)16-7-5-4-6-8-16/h4-10,13,15H,11-12H2,1-3H3,(H,22,25)/t15-/m0/s1. The number of carbonyl (C=O) groups excluding carboxylic acids is 1. The lowest BCUT2D eigenvalue weighted by atomic mass is 10.0. The minimum atomic E-state index is -0.157. The van der Waals surface area contributed by atoms with Crippen LogP contribution >= 0.6 is 0 Å². The predicted octanol–water partition coefficient (Wildman–Crippen LogP) is 3.86. The summed E-state index contributed by atoms with van der Waals surface area (Å²) in [4.78, 5) is 16.7. The van der Waals surface area contributed by atoms with Crippen LogP contribution in [0.5, 0.6) is 5.75 Å². The van der Waals surface area contributed by atoms with Crippen LogP contribution in [0.1, 0.15) is 36.4 Å². The van der Waals surface area contributed by atoms with Gasteiger partial charge in [0, 0.05) is 24.0 Å². The molecular formula is C21H23N3O3. The molecule has 27 heavy (non-hydrogen) atoms. The average Bonchev–Trinajstić information content (AvgIpc) is 3.16. The van der Waals surface area contributed by atoms with Gasteiger partial charge in [-0.25, -0.2) is 0 Å². The van der Waals surface area contributed by atoms with Crippen molar-refractivity contribution in [1.29, 1.82) is 0 Å². The summed E-state index contributed by atoms with van der Waals surface area (Å²) >= 11 is 0. The number of nitrogens with one attached hydrogen (secondary N) is 1. The van der Waals surface area contributed by atoms with Crippen molar-refractivity contribution in [3.63, 3.8) is 0 Å². The summed E-state index contributed by atoms with van der Waals surface area (Å²) in [5.41, 5.74) is 2.96. The molecule has 0 aliphatic heterocycles. The van der Waals surface area contributed by atoms with Crippen LogP contribution in [0.4, 0.5) is 0 Å². The highest BCUT2D eigenvalue weighted by Gasteiger charge is 2.16. The van der Waals surface area contributed by atoms with Gasteiger partial charge >= 0.3 is 0 Å². The number of amides is 1. The van der Waals surface area contributed by atoms with Crippen molar-refractivity contribution in [2.24, 2.45) is 0 Å². The second-order valence-corrected chi connectivity index (χ2v) is 6.41. The van der Waals surface area contributed by atoms with E-state index < -0.39 is 0 Å². The molecule has 0 bridgehead atoms. The lowest BCUT2D eigenvalue weighted by Gasteiger charge is -2.17. The van der Waals surface area contributed by atoms with Crippen LogP contribution in [0.3, 0.4) is 0 Å².